The molecule has 0 aliphatic carbocycles. The van der Waals surface area contributed by atoms with Crippen LogP contribution in [0.25, 0.3) is 0 Å². The van der Waals surface area contributed by atoms with E-state index in [2.05, 4.69) is 15.1 Å². The lowest BCUT2D eigenvalue weighted by Crippen LogP contribution is -2.19. The Kier molecular flexibility index (Phi) is 2.57. The summed E-state index contributed by atoms with van der Waals surface area (Å²) in [5, 5.41) is 16.2. The van der Waals surface area contributed by atoms with Crippen LogP contribution in [-0.2, 0) is 19.5 Å². The molecule has 0 atom stereocenters. The maximum absolute atomic E-state index is 9.43. The van der Waals surface area contributed by atoms with Crippen molar-refractivity contribution in [2.45, 2.75) is 19.5 Å². The van der Waals surface area contributed by atoms with E-state index in [1.54, 1.807) is 6.07 Å². The molecule has 0 saturated carbocycles. The molecule has 0 saturated heterocycles. The number of nitrogens with one attached hydrogen (secondary N) is 1. The molecular formula is C13H15N3O. The molecule has 1 aromatic carbocycles. The average Bonchev–Trinajstić information content (AvgIpc) is 2.94. The van der Waals surface area contributed by atoms with Crippen molar-refractivity contribution in [2.24, 2.45) is 0 Å². The number of nitrogens with zero attached hydrogens (tertiary/aromatic N) is 2. The number of benzene rings is 1. The van der Waals surface area contributed by atoms with Crippen LogP contribution in [0.5, 0.6) is 5.75 Å². The third-order valence-electron chi connectivity index (χ3n) is 3.25. The third kappa shape index (κ3) is 2.17. The van der Waals surface area contributed by atoms with Crippen molar-refractivity contribution >= 4 is 0 Å². The number of rotatable bonds is 3. The van der Waals surface area contributed by atoms with Crippen LogP contribution in [0.15, 0.2) is 30.6 Å². The zero-order valence-electron chi connectivity index (χ0n) is 9.56. The van der Waals surface area contributed by atoms with Gasteiger partial charge < -0.3 is 5.11 Å². The predicted molar refractivity (Wildman–Crippen MR) is 64.5 cm³/mol. The number of hydrogen-bond donors (Lipinski definition) is 2. The summed E-state index contributed by atoms with van der Waals surface area (Å²) in [5.74, 6) is 0.362. The second kappa shape index (κ2) is 4.22. The molecule has 0 radical (unpaired) electrons. The van der Waals surface area contributed by atoms with Gasteiger partial charge in [0.15, 0.2) is 0 Å². The Bertz CT molecular complexity index is 507. The number of H-pyrrole nitrogens is 1. The van der Waals surface area contributed by atoms with Gasteiger partial charge >= 0.3 is 0 Å². The van der Waals surface area contributed by atoms with Crippen LogP contribution >= 0.6 is 0 Å². The van der Waals surface area contributed by atoms with Crippen molar-refractivity contribution in [2.75, 3.05) is 6.54 Å². The summed E-state index contributed by atoms with van der Waals surface area (Å²) in [4.78, 5) is 2.39. The number of hydrogen-bond acceptors (Lipinski definition) is 3. The van der Waals surface area contributed by atoms with E-state index in [1.165, 1.54) is 16.7 Å². The summed E-state index contributed by atoms with van der Waals surface area (Å²) in [6.45, 7) is 2.93. The normalized spacial score (nSPS) is 15.1. The zero-order chi connectivity index (χ0) is 11.7. The van der Waals surface area contributed by atoms with E-state index in [0.717, 1.165) is 26.1 Å². The lowest BCUT2D eigenvalue weighted by atomic mass is 10.1. The van der Waals surface area contributed by atoms with Gasteiger partial charge in [0.1, 0.15) is 5.75 Å². The third-order valence-corrected chi connectivity index (χ3v) is 3.25. The molecule has 2 heterocycles. The molecule has 4 heteroatoms. The standard InChI is InChI=1S/C13H15N3O/c17-13-2-1-11-8-16(9-12(11)5-13)4-3-10-6-14-15-7-10/h1-2,5-7,17H,3-4,8-9H2,(H,14,15). The first-order chi connectivity index (χ1) is 8.31. The molecule has 0 amide bonds. The smallest absolute Gasteiger partial charge is 0.115 e. The van der Waals surface area contributed by atoms with E-state index < -0.39 is 0 Å². The molecule has 0 unspecified atom stereocenters. The topological polar surface area (TPSA) is 52.1 Å². The average molecular weight is 229 g/mol. The Hall–Kier alpha value is -1.81. The Morgan fingerprint density at radius 1 is 1.29 bits per heavy atom. The van der Waals surface area contributed by atoms with Gasteiger partial charge in [0.25, 0.3) is 0 Å². The van der Waals surface area contributed by atoms with E-state index in [9.17, 15) is 5.11 Å². The van der Waals surface area contributed by atoms with Crippen LogP contribution in [0.3, 0.4) is 0 Å². The van der Waals surface area contributed by atoms with Gasteiger partial charge in [-0.25, -0.2) is 0 Å². The van der Waals surface area contributed by atoms with Crippen molar-refractivity contribution in [3.63, 3.8) is 0 Å². The lowest BCUT2D eigenvalue weighted by molar-refractivity contribution is 0.288. The summed E-state index contributed by atoms with van der Waals surface area (Å²) < 4.78 is 0. The van der Waals surface area contributed by atoms with Crippen molar-refractivity contribution in [1.29, 1.82) is 0 Å². The van der Waals surface area contributed by atoms with Gasteiger partial charge in [-0.05, 0) is 35.2 Å². The number of fused-ring (bicyclic) bond motifs is 1. The fraction of sp³-hybridized carbons (Fsp3) is 0.308. The van der Waals surface area contributed by atoms with E-state index in [-0.39, 0.29) is 0 Å². The number of aromatic nitrogens is 2. The van der Waals surface area contributed by atoms with Crippen LogP contribution < -0.4 is 0 Å². The van der Waals surface area contributed by atoms with Crippen molar-refractivity contribution in [1.82, 2.24) is 15.1 Å². The minimum absolute atomic E-state index is 0.362. The summed E-state index contributed by atoms with van der Waals surface area (Å²) in [5.41, 5.74) is 3.82. The molecule has 1 aliphatic rings. The first-order valence-corrected chi connectivity index (χ1v) is 5.82. The second-order valence-corrected chi connectivity index (χ2v) is 4.52. The van der Waals surface area contributed by atoms with Crippen LogP contribution in [0.4, 0.5) is 0 Å². The molecule has 2 N–H and O–H groups in total. The minimum atomic E-state index is 0.362. The van der Waals surface area contributed by atoms with Crippen LogP contribution in [0.1, 0.15) is 16.7 Å². The molecule has 0 fully saturated rings. The highest BCUT2D eigenvalue weighted by atomic mass is 16.3. The summed E-state index contributed by atoms with van der Waals surface area (Å²) >= 11 is 0. The molecule has 0 bridgehead atoms. The Morgan fingerprint density at radius 3 is 3.00 bits per heavy atom. The van der Waals surface area contributed by atoms with Crippen molar-refractivity contribution in [3.8, 4) is 5.75 Å². The molecule has 2 aromatic rings. The molecule has 1 aromatic heterocycles. The highest BCUT2D eigenvalue weighted by molar-refractivity contribution is 5.37. The van der Waals surface area contributed by atoms with Crippen LogP contribution in [0.2, 0.25) is 0 Å². The highest BCUT2D eigenvalue weighted by Gasteiger charge is 2.18. The van der Waals surface area contributed by atoms with Gasteiger partial charge in [-0.2, -0.15) is 5.10 Å². The van der Waals surface area contributed by atoms with Gasteiger partial charge in [-0.1, -0.05) is 6.07 Å². The van der Waals surface area contributed by atoms with Crippen molar-refractivity contribution in [3.05, 3.63) is 47.3 Å². The van der Waals surface area contributed by atoms with E-state index >= 15 is 0 Å². The summed E-state index contributed by atoms with van der Waals surface area (Å²) in [6.07, 6.45) is 4.82. The number of phenolic OH excluding ortho intramolecular Hbond substituents is 1. The van der Waals surface area contributed by atoms with E-state index in [4.69, 9.17) is 0 Å². The van der Waals surface area contributed by atoms with E-state index in [1.807, 2.05) is 24.5 Å². The molecule has 1 aliphatic heterocycles. The first kappa shape index (κ1) is 10.4. The SMILES string of the molecule is Oc1ccc2c(c1)CN(CCc1cn[nH]c1)C2. The fourth-order valence-electron chi connectivity index (χ4n) is 2.31. The number of aromatic amines is 1. The monoisotopic (exact) mass is 229 g/mol. The van der Waals surface area contributed by atoms with Gasteiger partial charge in [0.2, 0.25) is 0 Å². The predicted octanol–water partition coefficient (Wildman–Crippen LogP) is 1.67. The Morgan fingerprint density at radius 2 is 2.18 bits per heavy atom. The summed E-state index contributed by atoms with van der Waals surface area (Å²) in [6, 6.07) is 5.65. The Labute approximate surface area is 99.9 Å². The summed E-state index contributed by atoms with van der Waals surface area (Å²) in [7, 11) is 0. The molecule has 17 heavy (non-hydrogen) atoms. The molecule has 0 spiro atoms. The lowest BCUT2D eigenvalue weighted by Gasteiger charge is -2.13. The van der Waals surface area contributed by atoms with Crippen molar-refractivity contribution < 1.29 is 5.11 Å². The van der Waals surface area contributed by atoms with Gasteiger partial charge in [-0.3, -0.25) is 10.00 Å². The minimum Gasteiger partial charge on any atom is -0.508 e. The zero-order valence-corrected chi connectivity index (χ0v) is 9.56. The fourth-order valence-corrected chi connectivity index (χ4v) is 2.31. The maximum Gasteiger partial charge on any atom is 0.115 e. The molecular weight excluding hydrogens is 214 g/mol. The Balaban J connectivity index is 1.62. The van der Waals surface area contributed by atoms with Crippen LogP contribution in [0, 0.1) is 0 Å². The number of aromatic hydroxyl groups is 1. The van der Waals surface area contributed by atoms with Gasteiger partial charge in [0, 0.05) is 25.8 Å². The van der Waals surface area contributed by atoms with E-state index in [0.29, 0.717) is 5.75 Å². The number of phenols is 1. The van der Waals surface area contributed by atoms with Crippen LogP contribution in [-0.4, -0.2) is 26.7 Å². The largest absolute Gasteiger partial charge is 0.508 e. The quantitative estimate of drug-likeness (QED) is 0.841. The molecule has 4 nitrogen and oxygen atoms in total. The molecule has 3 rings (SSSR count). The second-order valence-electron chi connectivity index (χ2n) is 4.52. The highest BCUT2D eigenvalue weighted by Crippen LogP contribution is 2.26. The maximum atomic E-state index is 9.43. The van der Waals surface area contributed by atoms with Gasteiger partial charge in [0.05, 0.1) is 6.20 Å². The molecule has 88 valence electrons. The first-order valence-electron chi connectivity index (χ1n) is 5.82. The van der Waals surface area contributed by atoms with Gasteiger partial charge in [-0.15, -0.1) is 0 Å².